The summed E-state index contributed by atoms with van der Waals surface area (Å²) in [4.78, 5) is 0. The van der Waals surface area contributed by atoms with Gasteiger partial charge in [-0.05, 0) is 35.0 Å². The Morgan fingerprint density at radius 2 is 1.70 bits per heavy atom. The van der Waals surface area contributed by atoms with Crippen LogP contribution >= 0.6 is 22.9 Å². The van der Waals surface area contributed by atoms with Crippen molar-refractivity contribution in [2.24, 2.45) is 0 Å². The van der Waals surface area contributed by atoms with Crippen molar-refractivity contribution in [3.63, 3.8) is 0 Å². The van der Waals surface area contributed by atoms with Gasteiger partial charge >= 0.3 is 0 Å². The first-order chi connectivity index (χ1) is 11.3. The molecule has 0 bridgehead atoms. The number of benzene rings is 3. The van der Waals surface area contributed by atoms with E-state index in [9.17, 15) is 5.26 Å². The van der Waals surface area contributed by atoms with Crippen LogP contribution in [0.4, 0.5) is 10.7 Å². The Balaban J connectivity index is 1.91. The Labute approximate surface area is 142 Å². The number of anilines is 2. The summed E-state index contributed by atoms with van der Waals surface area (Å²) < 4.78 is 1.14. The minimum Gasteiger partial charge on any atom is -0.346 e. The third kappa shape index (κ3) is 2.43. The quantitative estimate of drug-likeness (QED) is 0.465. The van der Waals surface area contributed by atoms with E-state index in [4.69, 9.17) is 11.6 Å². The molecule has 1 aromatic heterocycles. The van der Waals surface area contributed by atoms with E-state index in [0.717, 1.165) is 20.8 Å². The maximum absolute atomic E-state index is 9.60. The van der Waals surface area contributed by atoms with Crippen molar-refractivity contribution in [1.82, 2.24) is 0 Å². The van der Waals surface area contributed by atoms with Crippen molar-refractivity contribution in [3.05, 3.63) is 71.2 Å². The first kappa shape index (κ1) is 14.1. The Hall–Kier alpha value is -2.54. The van der Waals surface area contributed by atoms with Gasteiger partial charge in [0.25, 0.3) is 0 Å². The van der Waals surface area contributed by atoms with Crippen molar-refractivity contribution in [3.8, 4) is 6.07 Å². The summed E-state index contributed by atoms with van der Waals surface area (Å²) in [5.74, 6) is 0. The normalized spacial score (nSPS) is 10.8. The van der Waals surface area contributed by atoms with E-state index in [1.807, 2.05) is 42.5 Å². The number of nitriles is 1. The standard InChI is InChI=1S/C19H11ClN2S/c20-13-6-8-14(9-7-13)22-19-17(11-21)16-10-5-12-3-1-2-4-15(12)18(16)23-19/h1-10,22H. The number of hydrogen-bond donors (Lipinski definition) is 1. The molecule has 0 aliphatic heterocycles. The smallest absolute Gasteiger partial charge is 0.112 e. The first-order valence-electron chi connectivity index (χ1n) is 7.13. The number of nitrogens with one attached hydrogen (secondary N) is 1. The lowest BCUT2D eigenvalue weighted by molar-refractivity contribution is 1.51. The van der Waals surface area contributed by atoms with E-state index >= 15 is 0 Å². The molecule has 0 amide bonds. The maximum atomic E-state index is 9.60. The van der Waals surface area contributed by atoms with Crippen LogP contribution in [0, 0.1) is 11.3 Å². The molecule has 23 heavy (non-hydrogen) atoms. The van der Waals surface area contributed by atoms with Crippen LogP contribution in [0.25, 0.3) is 20.9 Å². The van der Waals surface area contributed by atoms with E-state index in [0.29, 0.717) is 10.6 Å². The zero-order chi connectivity index (χ0) is 15.8. The average molecular weight is 335 g/mol. The monoisotopic (exact) mass is 334 g/mol. The molecule has 3 aromatic carbocycles. The number of nitrogens with zero attached hydrogens (tertiary/aromatic N) is 1. The largest absolute Gasteiger partial charge is 0.346 e. The lowest BCUT2D eigenvalue weighted by Gasteiger charge is -2.03. The van der Waals surface area contributed by atoms with Crippen LogP contribution < -0.4 is 5.32 Å². The molecule has 4 heteroatoms. The third-order valence-electron chi connectivity index (χ3n) is 3.79. The van der Waals surface area contributed by atoms with Crippen LogP contribution in [0.1, 0.15) is 5.56 Å². The Kier molecular flexibility index (Phi) is 3.42. The van der Waals surface area contributed by atoms with Crippen LogP contribution in [-0.2, 0) is 0 Å². The zero-order valence-corrected chi connectivity index (χ0v) is 13.6. The summed E-state index contributed by atoms with van der Waals surface area (Å²) >= 11 is 7.54. The fourth-order valence-corrected chi connectivity index (χ4v) is 4.02. The SMILES string of the molecule is N#Cc1c(Nc2ccc(Cl)cc2)sc2c1ccc1ccccc12. The number of rotatable bonds is 2. The third-order valence-corrected chi connectivity index (χ3v) is 5.20. The summed E-state index contributed by atoms with van der Waals surface area (Å²) in [6.45, 7) is 0. The highest BCUT2D eigenvalue weighted by molar-refractivity contribution is 7.24. The molecule has 0 fully saturated rings. The summed E-state index contributed by atoms with van der Waals surface area (Å²) in [6, 6.07) is 22.2. The molecule has 0 saturated heterocycles. The van der Waals surface area contributed by atoms with Gasteiger partial charge in [0.1, 0.15) is 11.1 Å². The van der Waals surface area contributed by atoms with Gasteiger partial charge in [-0.1, -0.05) is 48.0 Å². The van der Waals surface area contributed by atoms with Gasteiger partial charge in [0.05, 0.1) is 5.56 Å². The van der Waals surface area contributed by atoms with Crippen molar-refractivity contribution in [2.45, 2.75) is 0 Å². The molecule has 0 spiro atoms. The van der Waals surface area contributed by atoms with Gasteiger partial charge < -0.3 is 5.32 Å². The molecule has 4 rings (SSSR count). The van der Waals surface area contributed by atoms with E-state index < -0.39 is 0 Å². The van der Waals surface area contributed by atoms with Gasteiger partial charge in [-0.2, -0.15) is 5.26 Å². The number of fused-ring (bicyclic) bond motifs is 3. The Bertz CT molecular complexity index is 1060. The van der Waals surface area contributed by atoms with Crippen LogP contribution in [0.3, 0.4) is 0 Å². The van der Waals surface area contributed by atoms with E-state index in [2.05, 4.69) is 29.6 Å². The second-order valence-electron chi connectivity index (χ2n) is 5.21. The van der Waals surface area contributed by atoms with Crippen molar-refractivity contribution >= 4 is 54.5 Å². The minimum absolute atomic E-state index is 0.686. The van der Waals surface area contributed by atoms with Gasteiger partial charge in [-0.3, -0.25) is 0 Å². The highest BCUT2D eigenvalue weighted by atomic mass is 35.5. The van der Waals surface area contributed by atoms with Gasteiger partial charge in [-0.25, -0.2) is 0 Å². The number of halogens is 1. The molecule has 1 N–H and O–H groups in total. The number of hydrogen-bond acceptors (Lipinski definition) is 3. The van der Waals surface area contributed by atoms with E-state index in [1.54, 1.807) is 11.3 Å². The van der Waals surface area contributed by atoms with Gasteiger partial charge in [0.2, 0.25) is 0 Å². The number of thiophene rings is 1. The molecule has 1 heterocycles. The van der Waals surface area contributed by atoms with Crippen LogP contribution in [0.15, 0.2) is 60.7 Å². The van der Waals surface area contributed by atoms with Crippen molar-refractivity contribution in [2.75, 3.05) is 5.32 Å². The van der Waals surface area contributed by atoms with Crippen LogP contribution in [-0.4, -0.2) is 0 Å². The fourth-order valence-electron chi connectivity index (χ4n) is 2.69. The van der Waals surface area contributed by atoms with Crippen LogP contribution in [0.2, 0.25) is 5.02 Å². The molecule has 0 radical (unpaired) electrons. The molecule has 4 aromatic rings. The Morgan fingerprint density at radius 3 is 2.48 bits per heavy atom. The average Bonchev–Trinajstić information content (AvgIpc) is 2.94. The molecule has 0 aliphatic carbocycles. The summed E-state index contributed by atoms with van der Waals surface area (Å²) in [5.41, 5.74) is 1.60. The van der Waals surface area contributed by atoms with Crippen LogP contribution in [0.5, 0.6) is 0 Å². The van der Waals surface area contributed by atoms with Crippen molar-refractivity contribution < 1.29 is 0 Å². The molecular weight excluding hydrogens is 324 g/mol. The molecule has 0 unspecified atom stereocenters. The van der Waals surface area contributed by atoms with Gasteiger partial charge in [-0.15, -0.1) is 11.3 Å². The molecule has 0 aliphatic rings. The molecule has 110 valence electrons. The Morgan fingerprint density at radius 1 is 0.913 bits per heavy atom. The lowest BCUT2D eigenvalue weighted by atomic mass is 10.1. The second kappa shape index (κ2) is 5.58. The summed E-state index contributed by atoms with van der Waals surface area (Å²) in [7, 11) is 0. The first-order valence-corrected chi connectivity index (χ1v) is 8.32. The molecule has 0 saturated carbocycles. The molecule has 2 nitrogen and oxygen atoms in total. The summed E-state index contributed by atoms with van der Waals surface area (Å²) in [6.07, 6.45) is 0. The van der Waals surface area contributed by atoms with Gasteiger partial charge in [0.15, 0.2) is 0 Å². The molecule has 0 atom stereocenters. The van der Waals surface area contributed by atoms with Crippen molar-refractivity contribution in [1.29, 1.82) is 5.26 Å². The predicted octanol–water partition coefficient (Wildman–Crippen LogP) is 6.32. The topological polar surface area (TPSA) is 35.8 Å². The van der Waals surface area contributed by atoms with E-state index in [1.165, 1.54) is 10.8 Å². The molecular formula is C19H11ClN2S. The minimum atomic E-state index is 0.686. The lowest BCUT2D eigenvalue weighted by Crippen LogP contribution is -1.89. The van der Waals surface area contributed by atoms with E-state index in [-0.39, 0.29) is 0 Å². The van der Waals surface area contributed by atoms with Gasteiger partial charge in [0, 0.05) is 20.8 Å². The maximum Gasteiger partial charge on any atom is 0.112 e. The fraction of sp³-hybridized carbons (Fsp3) is 0. The second-order valence-corrected chi connectivity index (χ2v) is 6.67. The highest BCUT2D eigenvalue weighted by Crippen LogP contribution is 2.40. The predicted molar refractivity (Wildman–Crippen MR) is 98.8 cm³/mol. The highest BCUT2D eigenvalue weighted by Gasteiger charge is 2.14. The zero-order valence-electron chi connectivity index (χ0n) is 12.0. The summed E-state index contributed by atoms with van der Waals surface area (Å²) in [5, 5.41) is 17.8.